The minimum absolute atomic E-state index is 0.00762. The molecular formula is C26H33N5O3. The van der Waals surface area contributed by atoms with Crippen LogP contribution in [0.1, 0.15) is 41.2 Å². The summed E-state index contributed by atoms with van der Waals surface area (Å²) in [6.45, 7) is 11.3. The van der Waals surface area contributed by atoms with Crippen LogP contribution in [0.25, 0.3) is 11.1 Å². The van der Waals surface area contributed by atoms with Gasteiger partial charge in [-0.05, 0) is 44.5 Å². The van der Waals surface area contributed by atoms with Crippen molar-refractivity contribution < 1.29 is 14.0 Å². The van der Waals surface area contributed by atoms with E-state index in [4.69, 9.17) is 4.42 Å². The van der Waals surface area contributed by atoms with Crippen molar-refractivity contribution in [3.63, 3.8) is 0 Å². The van der Waals surface area contributed by atoms with Gasteiger partial charge in [0.1, 0.15) is 5.52 Å². The smallest absolute Gasteiger partial charge is 0.317 e. The van der Waals surface area contributed by atoms with E-state index in [1.165, 1.54) is 5.56 Å². The van der Waals surface area contributed by atoms with Crippen LogP contribution in [0.4, 0.5) is 4.79 Å². The van der Waals surface area contributed by atoms with E-state index in [1.54, 1.807) is 17.0 Å². The van der Waals surface area contributed by atoms with Gasteiger partial charge in [0.15, 0.2) is 5.58 Å². The summed E-state index contributed by atoms with van der Waals surface area (Å²) >= 11 is 0. The van der Waals surface area contributed by atoms with Crippen molar-refractivity contribution in [2.75, 3.05) is 39.3 Å². The molecule has 3 amide bonds. The summed E-state index contributed by atoms with van der Waals surface area (Å²) in [5.74, 6) is 0.632. The summed E-state index contributed by atoms with van der Waals surface area (Å²) in [5.41, 5.74) is 4.30. The maximum Gasteiger partial charge on any atom is 0.317 e. The molecule has 0 bridgehead atoms. The average Bonchev–Trinajstić information content (AvgIpc) is 3.26. The lowest BCUT2D eigenvalue weighted by molar-refractivity contribution is 0.0773. The second kappa shape index (κ2) is 10.7. The predicted molar refractivity (Wildman–Crippen MR) is 132 cm³/mol. The number of amides is 3. The molecule has 0 aliphatic carbocycles. The van der Waals surface area contributed by atoms with Gasteiger partial charge in [0.2, 0.25) is 5.89 Å². The van der Waals surface area contributed by atoms with Gasteiger partial charge in [0.25, 0.3) is 5.91 Å². The molecule has 1 N–H and O–H groups in total. The molecule has 0 atom stereocenters. The number of oxazole rings is 1. The molecule has 180 valence electrons. The standard InChI is InChI=1S/C26H33N5O3/c1-4-30(5-2)25(32)21-10-11-23-22(16-21)28-24(34-23)18-29-12-14-31(15-13-29)26(33)27-17-20-8-6-19(3)7-9-20/h6-11,16H,4-5,12-15,17-18H2,1-3H3,(H,27,33). The highest BCUT2D eigenvalue weighted by Gasteiger charge is 2.22. The fraction of sp³-hybridized carbons (Fsp3) is 0.423. The Labute approximate surface area is 200 Å². The first-order valence-electron chi connectivity index (χ1n) is 12.0. The Morgan fingerprint density at radius 2 is 1.74 bits per heavy atom. The fourth-order valence-electron chi connectivity index (χ4n) is 4.16. The van der Waals surface area contributed by atoms with Crippen molar-refractivity contribution >= 4 is 23.0 Å². The number of benzene rings is 2. The van der Waals surface area contributed by atoms with Crippen molar-refractivity contribution in [1.82, 2.24) is 25.0 Å². The Kier molecular flexibility index (Phi) is 7.47. The molecule has 34 heavy (non-hydrogen) atoms. The zero-order chi connectivity index (χ0) is 24.1. The van der Waals surface area contributed by atoms with Gasteiger partial charge in [-0.3, -0.25) is 9.69 Å². The number of nitrogens with zero attached hydrogens (tertiary/aromatic N) is 4. The normalized spacial score (nSPS) is 14.4. The van der Waals surface area contributed by atoms with Gasteiger partial charge in [-0.15, -0.1) is 0 Å². The molecule has 2 aromatic carbocycles. The van der Waals surface area contributed by atoms with E-state index in [1.807, 2.05) is 43.9 Å². The minimum Gasteiger partial charge on any atom is -0.439 e. The molecule has 4 rings (SSSR count). The largest absolute Gasteiger partial charge is 0.439 e. The van der Waals surface area contributed by atoms with Crippen molar-refractivity contribution in [3.8, 4) is 0 Å². The van der Waals surface area contributed by atoms with Crippen LogP contribution in [0.5, 0.6) is 0 Å². The number of hydrogen-bond donors (Lipinski definition) is 1. The third-order valence-corrected chi connectivity index (χ3v) is 6.31. The monoisotopic (exact) mass is 463 g/mol. The molecule has 1 fully saturated rings. The zero-order valence-electron chi connectivity index (χ0n) is 20.2. The van der Waals surface area contributed by atoms with Gasteiger partial charge in [-0.2, -0.15) is 0 Å². The molecule has 3 aromatic rings. The summed E-state index contributed by atoms with van der Waals surface area (Å²) in [4.78, 5) is 35.6. The fourth-order valence-corrected chi connectivity index (χ4v) is 4.16. The maximum atomic E-state index is 12.6. The third-order valence-electron chi connectivity index (χ3n) is 6.31. The van der Waals surface area contributed by atoms with Crippen LogP contribution in [0, 0.1) is 6.92 Å². The van der Waals surface area contributed by atoms with Crippen molar-refractivity contribution in [3.05, 3.63) is 65.0 Å². The van der Waals surface area contributed by atoms with Crippen LogP contribution < -0.4 is 5.32 Å². The first-order valence-corrected chi connectivity index (χ1v) is 12.0. The molecule has 8 heteroatoms. The van der Waals surface area contributed by atoms with Crippen LogP contribution in [0.15, 0.2) is 46.9 Å². The number of carbonyl (C=O) groups is 2. The molecule has 1 aliphatic heterocycles. The van der Waals surface area contributed by atoms with Gasteiger partial charge in [-0.1, -0.05) is 29.8 Å². The van der Waals surface area contributed by atoms with Gasteiger partial charge >= 0.3 is 6.03 Å². The number of aromatic nitrogens is 1. The summed E-state index contributed by atoms with van der Waals surface area (Å²) in [5, 5.41) is 3.01. The second-order valence-corrected chi connectivity index (χ2v) is 8.68. The predicted octanol–water partition coefficient (Wildman–Crippen LogP) is 3.65. The SMILES string of the molecule is CCN(CC)C(=O)c1ccc2oc(CN3CCN(C(=O)NCc4ccc(C)cc4)CC3)nc2c1. The first kappa shape index (κ1) is 23.8. The Hall–Kier alpha value is -3.39. The Morgan fingerprint density at radius 3 is 2.41 bits per heavy atom. The quantitative estimate of drug-likeness (QED) is 0.579. The van der Waals surface area contributed by atoms with E-state index in [0.717, 1.165) is 18.7 Å². The van der Waals surface area contributed by atoms with E-state index in [9.17, 15) is 9.59 Å². The first-order chi connectivity index (χ1) is 16.5. The highest BCUT2D eigenvalue weighted by atomic mass is 16.3. The number of fused-ring (bicyclic) bond motifs is 1. The number of rotatable bonds is 7. The Morgan fingerprint density at radius 1 is 1.03 bits per heavy atom. The molecule has 1 aromatic heterocycles. The van der Waals surface area contributed by atoms with Crippen LogP contribution in [-0.2, 0) is 13.1 Å². The summed E-state index contributed by atoms with van der Waals surface area (Å²) in [6, 6.07) is 13.6. The van der Waals surface area contributed by atoms with E-state index in [2.05, 4.69) is 27.3 Å². The summed E-state index contributed by atoms with van der Waals surface area (Å²) in [6.07, 6.45) is 0. The van der Waals surface area contributed by atoms with Crippen LogP contribution in [0.3, 0.4) is 0 Å². The summed E-state index contributed by atoms with van der Waals surface area (Å²) < 4.78 is 5.92. The third kappa shape index (κ3) is 5.56. The van der Waals surface area contributed by atoms with Crippen LogP contribution >= 0.6 is 0 Å². The lowest BCUT2D eigenvalue weighted by Gasteiger charge is -2.34. The second-order valence-electron chi connectivity index (χ2n) is 8.68. The molecule has 8 nitrogen and oxygen atoms in total. The van der Waals surface area contributed by atoms with Gasteiger partial charge in [0.05, 0.1) is 6.54 Å². The Bertz CT molecular complexity index is 1130. The molecule has 0 radical (unpaired) electrons. The lowest BCUT2D eigenvalue weighted by atomic mass is 10.1. The maximum absolute atomic E-state index is 12.6. The van der Waals surface area contributed by atoms with E-state index in [-0.39, 0.29) is 11.9 Å². The van der Waals surface area contributed by atoms with Crippen molar-refractivity contribution in [2.45, 2.75) is 33.9 Å². The number of nitrogens with one attached hydrogen (secondary N) is 1. The molecule has 1 aliphatic rings. The number of carbonyl (C=O) groups excluding carboxylic acids is 2. The van der Waals surface area contributed by atoms with Gasteiger partial charge < -0.3 is 19.5 Å². The number of aryl methyl sites for hydroxylation is 1. The van der Waals surface area contributed by atoms with E-state index >= 15 is 0 Å². The van der Waals surface area contributed by atoms with E-state index in [0.29, 0.717) is 61.8 Å². The van der Waals surface area contributed by atoms with E-state index < -0.39 is 0 Å². The summed E-state index contributed by atoms with van der Waals surface area (Å²) in [7, 11) is 0. The number of piperazine rings is 1. The van der Waals surface area contributed by atoms with Crippen molar-refractivity contribution in [1.29, 1.82) is 0 Å². The highest BCUT2D eigenvalue weighted by Crippen LogP contribution is 2.20. The molecule has 2 heterocycles. The molecule has 0 saturated carbocycles. The van der Waals surface area contributed by atoms with Crippen molar-refractivity contribution in [2.24, 2.45) is 0 Å². The molecule has 0 unspecified atom stereocenters. The zero-order valence-corrected chi connectivity index (χ0v) is 20.2. The lowest BCUT2D eigenvalue weighted by Crippen LogP contribution is -2.51. The molecular weight excluding hydrogens is 430 g/mol. The average molecular weight is 464 g/mol. The molecule has 1 saturated heterocycles. The number of hydrogen-bond acceptors (Lipinski definition) is 5. The van der Waals surface area contributed by atoms with Crippen LogP contribution in [-0.4, -0.2) is 70.9 Å². The van der Waals surface area contributed by atoms with Crippen LogP contribution in [0.2, 0.25) is 0 Å². The van der Waals surface area contributed by atoms with Gasteiger partial charge in [-0.25, -0.2) is 9.78 Å². The molecule has 0 spiro atoms. The minimum atomic E-state index is -0.0347. The Balaban J connectivity index is 1.29. The highest BCUT2D eigenvalue weighted by molar-refractivity contribution is 5.97. The number of urea groups is 1. The topological polar surface area (TPSA) is 81.9 Å². The van der Waals surface area contributed by atoms with Gasteiger partial charge in [0, 0.05) is 51.4 Å².